The molecular weight excluding hydrogens is 512 g/mol. The van der Waals surface area contributed by atoms with Crippen molar-refractivity contribution in [1.29, 1.82) is 0 Å². The molecule has 198 valence electrons. The first kappa shape index (κ1) is 24.2. The van der Waals surface area contributed by atoms with Crippen LogP contribution in [0.2, 0.25) is 0 Å². The Morgan fingerprint density at radius 1 is 0.548 bits per heavy atom. The van der Waals surface area contributed by atoms with E-state index in [9.17, 15) is 0 Å². The number of hydrogen-bond donors (Lipinski definition) is 0. The Kier molecular flexibility index (Phi) is 5.29. The summed E-state index contributed by atoms with van der Waals surface area (Å²) in [4.78, 5) is 9.07. The lowest BCUT2D eigenvalue weighted by Gasteiger charge is -2.17. The highest BCUT2D eigenvalue weighted by Gasteiger charge is 2.20. The summed E-state index contributed by atoms with van der Waals surface area (Å²) in [7, 11) is 0. The van der Waals surface area contributed by atoms with Gasteiger partial charge in [0, 0.05) is 27.1 Å². The highest BCUT2D eigenvalue weighted by molar-refractivity contribution is 6.11. The summed E-state index contributed by atoms with van der Waals surface area (Å²) in [6.07, 6.45) is 1.98. The summed E-state index contributed by atoms with van der Waals surface area (Å²) in [6.45, 7) is 12.3. The predicted molar refractivity (Wildman–Crippen MR) is 174 cm³/mol. The van der Waals surface area contributed by atoms with Gasteiger partial charge in [-0.2, -0.15) is 0 Å². The summed E-state index contributed by atoms with van der Waals surface area (Å²) in [5.41, 5.74) is 10.3. The van der Waals surface area contributed by atoms with Crippen LogP contribution < -0.4 is 0 Å². The van der Waals surface area contributed by atoms with Crippen molar-refractivity contribution in [3.8, 4) is 22.6 Å². The average Bonchev–Trinajstić information content (AvgIpc) is 3.52. The van der Waals surface area contributed by atoms with Crippen LogP contribution in [0.1, 0.15) is 11.1 Å². The Morgan fingerprint density at radius 2 is 1.10 bits per heavy atom. The number of aryl methyl sites for hydroxylation is 2. The SMILES string of the molecule is [C-]#[N+]c1ccccc1-c1cc(-n2c3ccccc3c3ccc(C)cc32)ncc1-n1c2ccccc2c2ccc(C)cc21. The number of rotatable bonds is 3. The number of nitrogens with zero attached hydrogens (tertiary/aromatic N) is 4. The molecule has 3 aromatic heterocycles. The van der Waals surface area contributed by atoms with E-state index in [1.165, 1.54) is 32.7 Å². The molecule has 0 radical (unpaired) electrons. The molecule has 0 aliphatic carbocycles. The van der Waals surface area contributed by atoms with Gasteiger partial charge < -0.3 is 4.57 Å². The Morgan fingerprint density at radius 3 is 1.76 bits per heavy atom. The molecule has 0 spiro atoms. The molecule has 0 amide bonds. The minimum atomic E-state index is 0.617. The van der Waals surface area contributed by atoms with Crippen LogP contribution in [-0.4, -0.2) is 14.1 Å². The summed E-state index contributed by atoms with van der Waals surface area (Å²) < 4.78 is 4.56. The number of pyridine rings is 1. The van der Waals surface area contributed by atoms with E-state index in [1.807, 2.05) is 30.5 Å². The summed E-state index contributed by atoms with van der Waals surface area (Å²) in [5.74, 6) is 0.822. The molecule has 0 fully saturated rings. The molecule has 3 heterocycles. The third-order valence-electron chi connectivity index (χ3n) is 8.31. The van der Waals surface area contributed by atoms with Crippen LogP contribution in [0.15, 0.2) is 121 Å². The second kappa shape index (κ2) is 9.19. The van der Waals surface area contributed by atoms with Gasteiger partial charge >= 0.3 is 0 Å². The van der Waals surface area contributed by atoms with Gasteiger partial charge in [0.05, 0.1) is 40.5 Å². The highest BCUT2D eigenvalue weighted by Crippen LogP contribution is 2.41. The Hall–Kier alpha value is -5.66. The molecule has 0 bridgehead atoms. The number of aromatic nitrogens is 3. The predicted octanol–water partition coefficient (Wildman–Crippen LogP) is 10.1. The van der Waals surface area contributed by atoms with Crippen LogP contribution in [0.25, 0.3) is 71.1 Å². The molecule has 5 aromatic carbocycles. The second-order valence-electron chi connectivity index (χ2n) is 10.9. The third-order valence-corrected chi connectivity index (χ3v) is 8.31. The largest absolute Gasteiger partial charge is 0.307 e. The molecule has 0 aliphatic rings. The maximum atomic E-state index is 8.00. The zero-order valence-electron chi connectivity index (χ0n) is 23.3. The maximum absolute atomic E-state index is 8.00. The van der Waals surface area contributed by atoms with Crippen LogP contribution >= 0.6 is 0 Å². The monoisotopic (exact) mass is 538 g/mol. The van der Waals surface area contributed by atoms with Crippen molar-refractivity contribution in [2.45, 2.75) is 13.8 Å². The van der Waals surface area contributed by atoms with E-state index >= 15 is 0 Å². The Bertz CT molecular complexity index is 2400. The number of hydrogen-bond acceptors (Lipinski definition) is 1. The number of benzene rings is 5. The molecule has 0 unspecified atom stereocenters. The first-order valence-electron chi connectivity index (χ1n) is 14.1. The van der Waals surface area contributed by atoms with E-state index in [0.717, 1.165) is 44.7 Å². The van der Waals surface area contributed by atoms with Gasteiger partial charge in [-0.1, -0.05) is 84.9 Å². The van der Waals surface area contributed by atoms with Crippen molar-refractivity contribution < 1.29 is 0 Å². The lowest BCUT2D eigenvalue weighted by molar-refractivity contribution is 1.05. The topological polar surface area (TPSA) is 27.1 Å². The quantitative estimate of drug-likeness (QED) is 0.206. The Balaban J connectivity index is 1.51. The number of para-hydroxylation sites is 3. The van der Waals surface area contributed by atoms with Gasteiger partial charge in [-0.05, 0) is 60.9 Å². The molecule has 0 atom stereocenters. The fourth-order valence-electron chi connectivity index (χ4n) is 6.42. The molecule has 0 N–H and O–H groups in total. The van der Waals surface area contributed by atoms with E-state index in [1.54, 1.807) is 0 Å². The first-order valence-corrected chi connectivity index (χ1v) is 14.1. The van der Waals surface area contributed by atoms with Crippen molar-refractivity contribution in [1.82, 2.24) is 14.1 Å². The molecule has 4 heteroatoms. The van der Waals surface area contributed by atoms with E-state index in [2.05, 4.69) is 119 Å². The standard InChI is InChI=1S/C38H26N4/c1-24-16-18-29-27-11-5-8-14-33(27)41(35(29)20-24)37-23-40-38(22-31(37)26-10-4-7-13-32(26)39-3)42-34-15-9-6-12-28(34)30-19-17-25(2)21-36(30)42/h4-23H,1-2H3. The van der Waals surface area contributed by atoms with Crippen LogP contribution in [-0.2, 0) is 0 Å². The Labute approximate surface area is 243 Å². The average molecular weight is 539 g/mol. The van der Waals surface area contributed by atoms with Crippen LogP contribution in [0.3, 0.4) is 0 Å². The normalized spacial score (nSPS) is 11.5. The highest BCUT2D eigenvalue weighted by atomic mass is 15.1. The molecule has 4 nitrogen and oxygen atoms in total. The van der Waals surface area contributed by atoms with E-state index in [4.69, 9.17) is 11.6 Å². The number of fused-ring (bicyclic) bond motifs is 6. The zero-order valence-corrected chi connectivity index (χ0v) is 23.3. The van der Waals surface area contributed by atoms with Gasteiger partial charge in [0.15, 0.2) is 5.69 Å². The fourth-order valence-corrected chi connectivity index (χ4v) is 6.42. The van der Waals surface area contributed by atoms with Crippen molar-refractivity contribution in [2.75, 3.05) is 0 Å². The molecule has 42 heavy (non-hydrogen) atoms. The third kappa shape index (κ3) is 3.51. The van der Waals surface area contributed by atoms with Gasteiger partial charge in [-0.3, -0.25) is 4.57 Å². The zero-order chi connectivity index (χ0) is 28.4. The lowest BCUT2D eigenvalue weighted by atomic mass is 10.0. The van der Waals surface area contributed by atoms with Crippen molar-refractivity contribution >= 4 is 49.3 Å². The van der Waals surface area contributed by atoms with Crippen LogP contribution in [0, 0.1) is 20.4 Å². The van der Waals surface area contributed by atoms with Crippen molar-refractivity contribution in [3.05, 3.63) is 144 Å². The van der Waals surface area contributed by atoms with Crippen molar-refractivity contribution in [3.63, 3.8) is 0 Å². The first-order chi connectivity index (χ1) is 20.6. The van der Waals surface area contributed by atoms with Gasteiger partial charge in [-0.25, -0.2) is 9.83 Å². The summed E-state index contributed by atoms with van der Waals surface area (Å²) in [5, 5.41) is 4.78. The molecule has 8 rings (SSSR count). The lowest BCUT2D eigenvalue weighted by Crippen LogP contribution is -2.03. The fraction of sp³-hybridized carbons (Fsp3) is 0.0526. The van der Waals surface area contributed by atoms with E-state index in [0.29, 0.717) is 5.69 Å². The second-order valence-corrected chi connectivity index (χ2v) is 10.9. The summed E-state index contributed by atoms with van der Waals surface area (Å²) in [6, 6.07) is 40.3. The minimum Gasteiger partial charge on any atom is -0.307 e. The minimum absolute atomic E-state index is 0.617. The molecule has 0 saturated heterocycles. The molecule has 0 saturated carbocycles. The molecular formula is C38H26N4. The van der Waals surface area contributed by atoms with Crippen LogP contribution in [0.5, 0.6) is 0 Å². The van der Waals surface area contributed by atoms with Gasteiger partial charge in [-0.15, -0.1) is 0 Å². The maximum Gasteiger partial charge on any atom is 0.194 e. The smallest absolute Gasteiger partial charge is 0.194 e. The van der Waals surface area contributed by atoms with Gasteiger partial charge in [0.25, 0.3) is 0 Å². The van der Waals surface area contributed by atoms with Crippen LogP contribution in [0.4, 0.5) is 5.69 Å². The van der Waals surface area contributed by atoms with Gasteiger partial charge in [0.1, 0.15) is 5.82 Å². The van der Waals surface area contributed by atoms with E-state index < -0.39 is 0 Å². The molecule has 8 aromatic rings. The van der Waals surface area contributed by atoms with E-state index in [-0.39, 0.29) is 0 Å². The van der Waals surface area contributed by atoms with Gasteiger partial charge in [0.2, 0.25) is 0 Å². The molecule has 0 aliphatic heterocycles. The summed E-state index contributed by atoms with van der Waals surface area (Å²) >= 11 is 0. The van der Waals surface area contributed by atoms with Crippen molar-refractivity contribution in [2.24, 2.45) is 0 Å².